The highest BCUT2D eigenvalue weighted by Gasteiger charge is 2.40. The van der Waals surface area contributed by atoms with Crippen molar-refractivity contribution in [2.24, 2.45) is 16.5 Å². The van der Waals surface area contributed by atoms with Crippen molar-refractivity contribution in [2.45, 2.75) is 75.5 Å². The first-order valence-electron chi connectivity index (χ1n) is 18.5. The van der Waals surface area contributed by atoms with Gasteiger partial charge in [0.25, 0.3) is 5.91 Å². The zero-order chi connectivity index (χ0) is 43.4. The van der Waals surface area contributed by atoms with E-state index in [1.165, 1.54) is 24.3 Å². The third-order valence-corrected chi connectivity index (χ3v) is 9.56. The smallest absolute Gasteiger partial charge is 0.322 e. The molecule has 2 aromatic rings. The molecule has 2 aromatic carbocycles. The van der Waals surface area contributed by atoms with Gasteiger partial charge in [0, 0.05) is 42.6 Å². The number of carboxylic acids is 3. The molecule has 0 bridgehead atoms. The third kappa shape index (κ3) is 11.9. The minimum Gasteiger partial charge on any atom is -0.481 e. The van der Waals surface area contributed by atoms with Crippen LogP contribution in [0.2, 0.25) is 0 Å². The Bertz CT molecular complexity index is 2070. The molecule has 1 saturated heterocycles. The molecule has 21 nitrogen and oxygen atoms in total. The first kappa shape index (κ1) is 44.5. The summed E-state index contributed by atoms with van der Waals surface area (Å²) in [5.41, 5.74) is 11.5. The van der Waals surface area contributed by atoms with E-state index in [2.05, 4.69) is 26.3 Å². The predicted molar refractivity (Wildman–Crippen MR) is 205 cm³/mol. The fraction of sp³-hybridized carbons (Fsp3) is 0.395. The largest absolute Gasteiger partial charge is 0.481 e. The summed E-state index contributed by atoms with van der Waals surface area (Å²) >= 11 is 0. The summed E-state index contributed by atoms with van der Waals surface area (Å²) in [5, 5.41) is 37.4. The van der Waals surface area contributed by atoms with Crippen LogP contribution in [0.15, 0.2) is 47.5 Å². The number of aliphatic imine (C=N–C) groups is 1. The highest BCUT2D eigenvalue weighted by molar-refractivity contribution is 6.53. The van der Waals surface area contributed by atoms with Gasteiger partial charge in [0.15, 0.2) is 5.96 Å². The van der Waals surface area contributed by atoms with Gasteiger partial charge in [-0.3, -0.25) is 52.9 Å². The van der Waals surface area contributed by atoms with Crippen molar-refractivity contribution in [1.82, 2.24) is 26.2 Å². The number of carboxylic acid groups (broad SMARTS) is 3. The van der Waals surface area contributed by atoms with Crippen LogP contribution in [0.5, 0.6) is 0 Å². The Balaban J connectivity index is 1.53. The van der Waals surface area contributed by atoms with Crippen molar-refractivity contribution in [3.63, 3.8) is 0 Å². The number of nitrogens with two attached hydrogens (primary N) is 2. The predicted octanol–water partition coefficient (Wildman–Crippen LogP) is -1.22. The van der Waals surface area contributed by atoms with E-state index in [4.69, 9.17) is 16.6 Å². The Hall–Kier alpha value is -7.19. The molecule has 314 valence electrons. The summed E-state index contributed by atoms with van der Waals surface area (Å²) < 4.78 is 0. The molecular formula is C38H44N8O13. The van der Waals surface area contributed by atoms with Crippen LogP contribution in [-0.4, -0.2) is 129 Å². The van der Waals surface area contributed by atoms with Crippen molar-refractivity contribution in [3.8, 4) is 11.1 Å². The number of carbonyl (C=O) groups excluding carboxylic acids is 7. The standard InChI is InChI=1S/C38H44N8O13/c39-38(40)41-15-3-7-24(34(56)42-18-30(51)52)44-36(58)27-8-4-16-46(27)37(59)26(12-14-29(49)50)45-35(57)25(11-13-28(47)48)43-33(55)19-9-10-21-20-5-1-2-6-22(20)31(53)32(54)23(21)17-19/h1-2,5-6,9-10,17,24-27H,3-4,7-8,11-16,18H2,(H,42,56)(H,43,55)(H,44,58)(H,45,57)(H,47,48)(H,49,50)(H,51,52)(H4,39,40,41)/t24-,25-,26-,27-/m0/s1. The van der Waals surface area contributed by atoms with Crippen molar-refractivity contribution >= 4 is 65.0 Å². The maximum absolute atomic E-state index is 14.0. The number of fused-ring (bicyclic) bond motifs is 3. The van der Waals surface area contributed by atoms with Crippen molar-refractivity contribution < 1.29 is 63.3 Å². The number of rotatable bonds is 20. The van der Waals surface area contributed by atoms with Gasteiger partial charge < -0.3 is 53.0 Å². The van der Waals surface area contributed by atoms with E-state index in [-0.39, 0.29) is 55.0 Å². The van der Waals surface area contributed by atoms with Gasteiger partial charge in [-0.1, -0.05) is 30.3 Å². The Morgan fingerprint density at radius 3 is 1.98 bits per heavy atom. The molecule has 1 aliphatic carbocycles. The summed E-state index contributed by atoms with van der Waals surface area (Å²) in [6.07, 6.45) is -1.64. The molecule has 21 heteroatoms. The van der Waals surface area contributed by atoms with Crippen LogP contribution in [0.1, 0.15) is 82.4 Å². The van der Waals surface area contributed by atoms with Crippen LogP contribution in [0.4, 0.5) is 0 Å². The Labute approximate surface area is 335 Å². The van der Waals surface area contributed by atoms with Crippen LogP contribution in [0, 0.1) is 0 Å². The Kier molecular flexibility index (Phi) is 15.3. The molecule has 4 rings (SSSR count). The number of amides is 5. The van der Waals surface area contributed by atoms with Gasteiger partial charge in [-0.2, -0.15) is 0 Å². The number of aliphatic carboxylic acids is 3. The van der Waals surface area contributed by atoms with Crippen molar-refractivity contribution in [3.05, 3.63) is 59.2 Å². The molecule has 59 heavy (non-hydrogen) atoms. The highest BCUT2D eigenvalue weighted by atomic mass is 16.4. The highest BCUT2D eigenvalue weighted by Crippen LogP contribution is 2.34. The molecule has 0 aromatic heterocycles. The molecule has 0 radical (unpaired) electrons. The number of hydrogen-bond donors (Lipinski definition) is 9. The van der Waals surface area contributed by atoms with Crippen LogP contribution in [0.3, 0.4) is 0 Å². The van der Waals surface area contributed by atoms with Crippen LogP contribution >= 0.6 is 0 Å². The first-order valence-corrected chi connectivity index (χ1v) is 18.5. The summed E-state index contributed by atoms with van der Waals surface area (Å²) in [6.45, 7) is -0.675. The number of ketones is 2. The number of guanidine groups is 1. The van der Waals surface area contributed by atoms with Gasteiger partial charge in [0.05, 0.1) is 0 Å². The van der Waals surface area contributed by atoms with Crippen molar-refractivity contribution in [2.75, 3.05) is 19.6 Å². The molecule has 5 amide bonds. The Morgan fingerprint density at radius 1 is 0.729 bits per heavy atom. The lowest BCUT2D eigenvalue weighted by molar-refractivity contribution is -0.144. The number of nitrogens with zero attached hydrogens (tertiary/aromatic N) is 2. The van der Waals surface area contributed by atoms with E-state index in [9.17, 15) is 58.2 Å². The zero-order valence-corrected chi connectivity index (χ0v) is 31.6. The van der Waals surface area contributed by atoms with E-state index in [1.807, 2.05) is 0 Å². The minimum absolute atomic E-state index is 0.0140. The average molecular weight is 821 g/mol. The SMILES string of the molecule is NC(N)=NCCC[C@H](NC(=O)[C@@H]1CCCN1C(=O)[C@H](CCC(=O)O)NC(=O)[C@H](CCC(=O)O)NC(=O)c1ccc2c(c1)C(=O)C(=O)c1ccccc1-2)C(=O)NCC(=O)O. The van der Waals surface area contributed by atoms with Gasteiger partial charge in [-0.25, -0.2) is 0 Å². The molecule has 11 N–H and O–H groups in total. The second-order valence-electron chi connectivity index (χ2n) is 13.7. The van der Waals surface area contributed by atoms with Gasteiger partial charge in [0.1, 0.15) is 30.7 Å². The lowest BCUT2D eigenvalue weighted by Gasteiger charge is -2.30. The van der Waals surface area contributed by atoms with Gasteiger partial charge in [-0.05, 0) is 61.8 Å². The maximum Gasteiger partial charge on any atom is 0.322 e. The number of likely N-dealkylation sites (tertiary alicyclic amines) is 1. The molecule has 4 atom stereocenters. The van der Waals surface area contributed by atoms with Gasteiger partial charge in [0.2, 0.25) is 35.2 Å². The second-order valence-corrected chi connectivity index (χ2v) is 13.7. The van der Waals surface area contributed by atoms with E-state index >= 15 is 0 Å². The van der Waals surface area contributed by atoms with Crippen LogP contribution in [0.25, 0.3) is 11.1 Å². The average Bonchev–Trinajstić information content (AvgIpc) is 3.70. The van der Waals surface area contributed by atoms with E-state index in [0.29, 0.717) is 17.5 Å². The second kappa shape index (κ2) is 20.3. The topological polar surface area (TPSA) is 347 Å². The molecular weight excluding hydrogens is 776 g/mol. The van der Waals surface area contributed by atoms with E-state index < -0.39 is 115 Å². The van der Waals surface area contributed by atoms with Gasteiger partial charge >= 0.3 is 17.9 Å². The number of Topliss-reactive ketones (excluding diaryl/α,β-unsaturated/α-hetero) is 2. The van der Waals surface area contributed by atoms with Crippen LogP contribution < -0.4 is 32.7 Å². The fourth-order valence-corrected chi connectivity index (χ4v) is 6.67. The van der Waals surface area contributed by atoms with E-state index in [0.717, 1.165) is 4.90 Å². The van der Waals surface area contributed by atoms with E-state index in [1.54, 1.807) is 18.2 Å². The summed E-state index contributed by atoms with van der Waals surface area (Å²) in [6, 6.07) is 4.75. The monoisotopic (exact) mass is 820 g/mol. The van der Waals surface area contributed by atoms with Crippen molar-refractivity contribution in [1.29, 1.82) is 0 Å². The minimum atomic E-state index is -1.60. The molecule has 2 aliphatic rings. The quantitative estimate of drug-likeness (QED) is 0.0327. The molecule has 0 spiro atoms. The lowest BCUT2D eigenvalue weighted by Crippen LogP contribution is -2.58. The lowest BCUT2D eigenvalue weighted by atomic mass is 9.83. The number of hydrogen-bond acceptors (Lipinski definition) is 11. The van der Waals surface area contributed by atoms with Gasteiger partial charge in [-0.15, -0.1) is 0 Å². The molecule has 0 unspecified atom stereocenters. The number of benzene rings is 2. The molecule has 0 saturated carbocycles. The maximum atomic E-state index is 14.0. The molecule has 1 aliphatic heterocycles. The summed E-state index contributed by atoms with van der Waals surface area (Å²) in [5.74, 6) is -10.3. The summed E-state index contributed by atoms with van der Waals surface area (Å²) in [7, 11) is 0. The molecule has 1 fully saturated rings. The fourth-order valence-electron chi connectivity index (χ4n) is 6.67. The Morgan fingerprint density at radius 2 is 1.34 bits per heavy atom. The molecule has 1 heterocycles. The zero-order valence-electron chi connectivity index (χ0n) is 31.6. The first-order chi connectivity index (χ1) is 28.0. The summed E-state index contributed by atoms with van der Waals surface area (Å²) in [4.78, 5) is 132. The van der Waals surface area contributed by atoms with Crippen LogP contribution in [-0.2, 0) is 33.6 Å². The third-order valence-electron chi connectivity index (χ3n) is 9.56. The number of carbonyl (C=O) groups is 10. The normalized spacial score (nSPS) is 15.7. The number of nitrogens with one attached hydrogen (secondary N) is 4.